The Kier molecular flexibility index (Phi) is 35.5. The summed E-state index contributed by atoms with van der Waals surface area (Å²) in [7, 11) is 0. The van der Waals surface area contributed by atoms with Crippen molar-refractivity contribution >= 4 is 74.4 Å². The van der Waals surface area contributed by atoms with Gasteiger partial charge in [0.15, 0.2) is 0 Å². The van der Waals surface area contributed by atoms with Crippen molar-refractivity contribution in [3.63, 3.8) is 0 Å². The van der Waals surface area contributed by atoms with E-state index in [1.54, 1.807) is 6.92 Å². The molecule has 0 fully saturated rings. The summed E-state index contributed by atoms with van der Waals surface area (Å²) in [5.74, 6) is -0.0379. The molecule has 0 spiro atoms. The van der Waals surface area contributed by atoms with Gasteiger partial charge in [-0.1, -0.05) is 0 Å². The third-order valence-electron chi connectivity index (χ3n) is 1.76. The minimum Gasteiger partial charge on any atom is -0.506 e. The quantitative estimate of drug-likeness (QED) is 0.729. The minimum atomic E-state index is -0.287. The maximum atomic E-state index is 9.38. The van der Waals surface area contributed by atoms with Crippen LogP contribution in [0.4, 0.5) is 0 Å². The van der Waals surface area contributed by atoms with E-state index in [0.717, 1.165) is 0 Å². The highest BCUT2D eigenvalue weighted by atomic mass is 35.5. The molecule has 4 nitrogen and oxygen atoms in total. The van der Waals surface area contributed by atoms with Crippen LogP contribution < -0.4 is 0 Å². The zero-order valence-electron chi connectivity index (χ0n) is 9.23. The van der Waals surface area contributed by atoms with Crippen molar-refractivity contribution in [2.45, 2.75) is 20.1 Å². The normalized spacial score (nSPS) is 6.83. The zero-order valence-corrected chi connectivity index (χ0v) is 14.1. The van der Waals surface area contributed by atoms with Crippen molar-refractivity contribution in [2.75, 3.05) is 0 Å². The Labute approximate surface area is 143 Å². The summed E-state index contributed by atoms with van der Waals surface area (Å²) < 4.78 is 0. The number of nitrogens with zero attached hydrogens (tertiary/aromatic N) is 1. The second kappa shape index (κ2) is 17.6. The molecule has 18 heavy (non-hydrogen) atoms. The molecule has 0 radical (unpaired) electrons. The van der Waals surface area contributed by atoms with E-state index in [-0.39, 0.29) is 93.4 Å². The van der Waals surface area contributed by atoms with Crippen molar-refractivity contribution < 1.29 is 15.3 Å². The molecule has 0 bridgehead atoms. The Hall–Kier alpha value is 0.610. The van der Waals surface area contributed by atoms with Crippen molar-refractivity contribution in [1.82, 2.24) is 4.98 Å². The lowest BCUT2D eigenvalue weighted by Gasteiger charge is -2.07. The number of aliphatic hydroxyl groups is 2. The number of aryl methyl sites for hydroxylation is 1. The monoisotopic (exact) mass is 385 g/mol. The summed E-state index contributed by atoms with van der Waals surface area (Å²) in [6, 6.07) is 0. The van der Waals surface area contributed by atoms with Crippen LogP contribution in [0.15, 0.2) is 6.20 Å². The number of hydrogen-bond donors (Lipinski definition) is 3. The van der Waals surface area contributed by atoms with Gasteiger partial charge < -0.3 is 15.3 Å². The summed E-state index contributed by atoms with van der Waals surface area (Å²) in [5.41, 5.74) is 1.27. The van der Waals surface area contributed by atoms with Gasteiger partial charge in [0, 0.05) is 17.3 Å². The lowest BCUT2D eigenvalue weighted by molar-refractivity contribution is 0.254. The molecule has 3 N–H and O–H groups in total. The molecular weight excluding hydrogens is 371 g/mol. The Morgan fingerprint density at radius 3 is 1.72 bits per heavy atom. The van der Waals surface area contributed by atoms with E-state index in [1.807, 2.05) is 0 Å². The molecule has 0 atom stereocenters. The molecule has 0 unspecified atom stereocenters. The number of pyridine rings is 1. The molecule has 0 amide bonds. The molecule has 0 saturated heterocycles. The maximum absolute atomic E-state index is 9.38. The van der Waals surface area contributed by atoms with Crippen LogP contribution in [0.3, 0.4) is 0 Å². The third kappa shape index (κ3) is 8.67. The van der Waals surface area contributed by atoms with Gasteiger partial charge in [-0.2, -0.15) is 0 Å². The Morgan fingerprint density at radius 1 is 0.944 bits per heavy atom. The molecule has 0 aliphatic heterocycles. The fourth-order valence-electron chi connectivity index (χ4n) is 0.997. The van der Waals surface area contributed by atoms with Crippen LogP contribution >= 0.6 is 74.4 Å². The van der Waals surface area contributed by atoms with E-state index in [4.69, 9.17) is 10.2 Å². The number of rotatable bonds is 2. The van der Waals surface area contributed by atoms with Crippen LogP contribution in [0.1, 0.15) is 16.8 Å². The van der Waals surface area contributed by atoms with Crippen LogP contribution in [-0.2, 0) is 13.2 Å². The van der Waals surface area contributed by atoms with Gasteiger partial charge in [0.2, 0.25) is 0 Å². The zero-order chi connectivity index (χ0) is 9.14. The molecule has 1 aromatic heterocycles. The average Bonchev–Trinajstić information content (AvgIpc) is 2.09. The largest absolute Gasteiger partial charge is 0.506 e. The first-order chi connectivity index (χ1) is 5.70. The summed E-state index contributed by atoms with van der Waals surface area (Å²) in [5, 5.41) is 27.0. The van der Waals surface area contributed by atoms with Gasteiger partial charge in [-0.05, 0) is 6.92 Å². The van der Waals surface area contributed by atoms with Crippen molar-refractivity contribution in [3.05, 3.63) is 23.0 Å². The topological polar surface area (TPSA) is 73.6 Å². The van der Waals surface area contributed by atoms with Gasteiger partial charge in [-0.25, -0.2) is 0 Å². The van der Waals surface area contributed by atoms with E-state index in [9.17, 15) is 5.11 Å². The smallest absolute Gasteiger partial charge is 0.142 e. The predicted octanol–water partition coefficient (Wildman–Crippen LogP) is 2.61. The highest BCUT2D eigenvalue weighted by Crippen LogP contribution is 2.23. The fourth-order valence-corrected chi connectivity index (χ4v) is 0.997. The van der Waals surface area contributed by atoms with E-state index < -0.39 is 0 Å². The average molecular weight is 388 g/mol. The van der Waals surface area contributed by atoms with Crippen LogP contribution in [-0.4, -0.2) is 20.3 Å². The summed E-state index contributed by atoms with van der Waals surface area (Å²) >= 11 is 0. The van der Waals surface area contributed by atoms with E-state index in [0.29, 0.717) is 16.8 Å². The molecule has 0 aliphatic rings. The van der Waals surface area contributed by atoms with Crippen LogP contribution in [0, 0.1) is 6.92 Å². The van der Waals surface area contributed by atoms with Gasteiger partial charge in [0.1, 0.15) is 5.75 Å². The van der Waals surface area contributed by atoms with E-state index >= 15 is 0 Å². The molecule has 1 aromatic rings. The van der Waals surface area contributed by atoms with Crippen molar-refractivity contribution in [1.29, 1.82) is 0 Å². The molecule has 1 heterocycles. The summed E-state index contributed by atoms with van der Waals surface area (Å²) in [6.07, 6.45) is 1.45. The number of aromatic nitrogens is 1. The van der Waals surface area contributed by atoms with E-state index in [2.05, 4.69) is 4.98 Å². The highest BCUT2D eigenvalue weighted by Gasteiger charge is 2.09. The lowest BCUT2D eigenvalue weighted by atomic mass is 10.1. The minimum absolute atomic E-state index is 0. The van der Waals surface area contributed by atoms with Crippen molar-refractivity contribution in [2.24, 2.45) is 0 Å². The number of aliphatic hydroxyl groups excluding tert-OH is 2. The molecule has 1 rings (SSSR count). The first-order valence-corrected chi connectivity index (χ1v) is 3.58. The lowest BCUT2D eigenvalue weighted by Crippen LogP contribution is -1.98. The Morgan fingerprint density at radius 2 is 1.39 bits per heavy atom. The van der Waals surface area contributed by atoms with Gasteiger partial charge in [0.25, 0.3) is 0 Å². The molecule has 0 aromatic carbocycles. The SMILES string of the molecule is Cc1ncc(CO)c(CO)c1O.Cl.Cl.Cl.Cl.Cl.Cl. The number of halogens is 6. The Balaban J connectivity index is -0.0000000600. The Bertz CT molecular complexity index is 302. The molecular formula is C8H17Cl6NO3. The van der Waals surface area contributed by atoms with Gasteiger partial charge in [0.05, 0.1) is 18.9 Å². The highest BCUT2D eigenvalue weighted by molar-refractivity contribution is 5.86. The van der Waals surface area contributed by atoms with Gasteiger partial charge >= 0.3 is 0 Å². The molecule has 0 aliphatic carbocycles. The van der Waals surface area contributed by atoms with Crippen LogP contribution in [0.2, 0.25) is 0 Å². The second-order valence-corrected chi connectivity index (χ2v) is 2.51. The summed E-state index contributed by atoms with van der Waals surface area (Å²) in [4.78, 5) is 3.84. The first-order valence-electron chi connectivity index (χ1n) is 3.58. The van der Waals surface area contributed by atoms with Gasteiger partial charge in [-0.15, -0.1) is 74.4 Å². The molecule has 114 valence electrons. The standard InChI is InChI=1S/C8H11NO3.6ClH/c1-5-8(12)7(4-11)6(3-10)2-9-5;;;;;;/h2,10-12H,3-4H2,1H3;6*1H. The molecule has 0 saturated carbocycles. The third-order valence-corrected chi connectivity index (χ3v) is 1.76. The molecule has 10 heteroatoms. The van der Waals surface area contributed by atoms with Crippen LogP contribution in [0.5, 0.6) is 5.75 Å². The summed E-state index contributed by atoms with van der Waals surface area (Å²) in [6.45, 7) is 1.12. The van der Waals surface area contributed by atoms with E-state index in [1.165, 1.54) is 6.20 Å². The predicted molar refractivity (Wildman–Crippen MR) is 86.0 cm³/mol. The number of aromatic hydroxyl groups is 1. The van der Waals surface area contributed by atoms with Crippen LogP contribution in [0.25, 0.3) is 0 Å². The first kappa shape index (κ1) is 36.3. The fraction of sp³-hybridized carbons (Fsp3) is 0.375. The second-order valence-electron chi connectivity index (χ2n) is 2.51. The maximum Gasteiger partial charge on any atom is 0.142 e. The van der Waals surface area contributed by atoms with Gasteiger partial charge in [-0.3, -0.25) is 4.98 Å². The van der Waals surface area contributed by atoms with Crippen molar-refractivity contribution in [3.8, 4) is 5.75 Å². The number of hydrogen-bond acceptors (Lipinski definition) is 4.